The Morgan fingerprint density at radius 1 is 1.35 bits per heavy atom. The van der Waals surface area contributed by atoms with E-state index in [2.05, 4.69) is 40.3 Å². The summed E-state index contributed by atoms with van der Waals surface area (Å²) in [6, 6.07) is 9.41. The maximum absolute atomic E-state index is 12.2. The highest BCUT2D eigenvalue weighted by molar-refractivity contribution is 9.10. The minimum atomic E-state index is -0.0908. The van der Waals surface area contributed by atoms with Crippen LogP contribution in [0.25, 0.3) is 0 Å². The van der Waals surface area contributed by atoms with Crippen molar-refractivity contribution in [2.24, 2.45) is 0 Å². The van der Waals surface area contributed by atoms with Crippen LogP contribution in [0.15, 0.2) is 34.8 Å². The molecule has 0 bridgehead atoms. The summed E-state index contributed by atoms with van der Waals surface area (Å²) in [5.41, 5.74) is 0.609. The third-order valence-corrected chi connectivity index (χ3v) is 4.75. The van der Waals surface area contributed by atoms with Crippen LogP contribution in [0.2, 0.25) is 0 Å². The molecule has 106 valence electrons. The predicted molar refractivity (Wildman–Crippen MR) is 85.6 cm³/mol. The molecule has 1 atom stereocenters. The number of aryl methyl sites for hydroxylation is 1. The van der Waals surface area contributed by atoms with Gasteiger partial charge in [0.05, 0.1) is 17.6 Å². The molecule has 1 aromatic carbocycles. The van der Waals surface area contributed by atoms with E-state index in [0.29, 0.717) is 11.3 Å². The van der Waals surface area contributed by atoms with Crippen molar-refractivity contribution in [2.45, 2.75) is 19.9 Å². The number of carbonyl (C=O) groups excluding carboxylic acids is 1. The normalized spacial score (nSPS) is 12.0. The fourth-order valence-corrected chi connectivity index (χ4v) is 3.27. The van der Waals surface area contributed by atoms with Crippen LogP contribution in [-0.2, 0) is 0 Å². The number of ether oxygens (including phenoxy) is 1. The van der Waals surface area contributed by atoms with E-state index in [0.717, 1.165) is 9.35 Å². The molecule has 0 aliphatic carbocycles. The van der Waals surface area contributed by atoms with Gasteiger partial charge in [-0.15, -0.1) is 11.3 Å². The third kappa shape index (κ3) is 3.41. The highest BCUT2D eigenvalue weighted by Crippen LogP contribution is 2.26. The molecule has 0 spiro atoms. The first-order valence-corrected chi connectivity index (χ1v) is 7.83. The molecule has 5 heteroatoms. The van der Waals surface area contributed by atoms with E-state index in [1.54, 1.807) is 36.6 Å². The Labute approximate surface area is 131 Å². The number of thiophene rings is 1. The van der Waals surface area contributed by atoms with Crippen LogP contribution in [0.4, 0.5) is 0 Å². The largest absolute Gasteiger partial charge is 0.496 e. The Balaban J connectivity index is 2.10. The molecule has 2 aromatic rings. The van der Waals surface area contributed by atoms with Gasteiger partial charge < -0.3 is 10.1 Å². The minimum Gasteiger partial charge on any atom is -0.496 e. The maximum atomic E-state index is 12.2. The van der Waals surface area contributed by atoms with E-state index in [-0.39, 0.29) is 11.9 Å². The van der Waals surface area contributed by atoms with Crippen molar-refractivity contribution in [3.8, 4) is 5.75 Å². The number of halogens is 1. The Bertz CT molecular complexity index is 624. The van der Waals surface area contributed by atoms with Gasteiger partial charge in [-0.1, -0.05) is 0 Å². The van der Waals surface area contributed by atoms with Crippen molar-refractivity contribution in [2.75, 3.05) is 7.11 Å². The van der Waals surface area contributed by atoms with Gasteiger partial charge in [0, 0.05) is 15.3 Å². The highest BCUT2D eigenvalue weighted by Gasteiger charge is 2.14. The van der Waals surface area contributed by atoms with Crippen molar-refractivity contribution in [3.05, 3.63) is 50.1 Å². The second kappa shape index (κ2) is 6.41. The number of amides is 1. The van der Waals surface area contributed by atoms with Gasteiger partial charge >= 0.3 is 0 Å². The van der Waals surface area contributed by atoms with Crippen molar-refractivity contribution in [1.82, 2.24) is 5.32 Å². The second-order valence-electron chi connectivity index (χ2n) is 4.49. The van der Waals surface area contributed by atoms with Gasteiger partial charge in [-0.25, -0.2) is 0 Å². The summed E-state index contributed by atoms with van der Waals surface area (Å²) in [5.74, 6) is 0.621. The van der Waals surface area contributed by atoms with E-state index in [1.807, 2.05) is 6.92 Å². The lowest BCUT2D eigenvalue weighted by atomic mass is 10.2. The molecule has 1 N–H and O–H groups in total. The molecule has 1 aromatic heterocycles. The molecule has 0 saturated heterocycles. The summed E-state index contributed by atoms with van der Waals surface area (Å²) < 4.78 is 5.93. The number of carbonyl (C=O) groups is 1. The number of rotatable bonds is 4. The van der Waals surface area contributed by atoms with Crippen LogP contribution >= 0.6 is 27.3 Å². The molecule has 0 aliphatic heterocycles. The van der Waals surface area contributed by atoms with Crippen LogP contribution in [0.3, 0.4) is 0 Å². The molecule has 0 fully saturated rings. The molecule has 1 amide bonds. The summed E-state index contributed by atoms with van der Waals surface area (Å²) in [7, 11) is 1.60. The van der Waals surface area contributed by atoms with Crippen LogP contribution in [0, 0.1) is 6.92 Å². The third-order valence-electron chi connectivity index (χ3n) is 2.95. The molecule has 0 radical (unpaired) electrons. The maximum Gasteiger partial charge on any atom is 0.251 e. The fourth-order valence-electron chi connectivity index (χ4n) is 1.84. The van der Waals surface area contributed by atoms with Crippen LogP contribution < -0.4 is 10.1 Å². The van der Waals surface area contributed by atoms with Gasteiger partial charge in [-0.3, -0.25) is 4.79 Å². The van der Waals surface area contributed by atoms with Crippen molar-refractivity contribution in [1.29, 1.82) is 0 Å². The first kappa shape index (κ1) is 15.1. The Morgan fingerprint density at radius 2 is 2.10 bits per heavy atom. The minimum absolute atomic E-state index is 0.00192. The van der Waals surface area contributed by atoms with Crippen LogP contribution in [0.5, 0.6) is 5.75 Å². The topological polar surface area (TPSA) is 38.3 Å². The zero-order valence-electron chi connectivity index (χ0n) is 11.6. The van der Waals surface area contributed by atoms with Gasteiger partial charge in [-0.05, 0) is 60.1 Å². The molecular weight excluding hydrogens is 338 g/mol. The molecule has 1 heterocycles. The summed E-state index contributed by atoms with van der Waals surface area (Å²) >= 11 is 5.09. The number of benzene rings is 1. The first-order chi connectivity index (χ1) is 9.51. The quantitative estimate of drug-likeness (QED) is 0.888. The molecule has 1 unspecified atom stereocenters. The summed E-state index contributed by atoms with van der Waals surface area (Å²) in [6.45, 7) is 4.05. The Hall–Kier alpha value is -1.33. The Kier molecular flexibility index (Phi) is 4.83. The smallest absolute Gasteiger partial charge is 0.251 e. The lowest BCUT2D eigenvalue weighted by molar-refractivity contribution is 0.0940. The number of hydrogen-bond acceptors (Lipinski definition) is 3. The van der Waals surface area contributed by atoms with Gasteiger partial charge in [0.15, 0.2) is 0 Å². The first-order valence-electron chi connectivity index (χ1n) is 6.22. The highest BCUT2D eigenvalue weighted by atomic mass is 79.9. The van der Waals surface area contributed by atoms with E-state index in [9.17, 15) is 4.79 Å². The SMILES string of the molecule is COc1ccc(C(=O)NC(C)c2ccc(C)s2)cc1Br. The average Bonchev–Trinajstić information content (AvgIpc) is 2.85. The summed E-state index contributed by atoms with van der Waals surface area (Å²) in [5, 5.41) is 3.00. The predicted octanol–water partition coefficient (Wildman–Crippen LogP) is 4.32. The standard InChI is InChI=1S/C15H16BrNO2S/c1-9-4-7-14(20-9)10(2)17-15(18)11-5-6-13(19-3)12(16)8-11/h4-8,10H,1-3H3,(H,17,18). The monoisotopic (exact) mass is 353 g/mol. The average molecular weight is 354 g/mol. The van der Waals surface area contributed by atoms with Crippen LogP contribution in [0.1, 0.15) is 33.1 Å². The van der Waals surface area contributed by atoms with Gasteiger partial charge in [0.25, 0.3) is 5.91 Å². The molecule has 0 aliphatic rings. The second-order valence-corrected chi connectivity index (χ2v) is 6.67. The van der Waals surface area contributed by atoms with E-state index in [4.69, 9.17) is 4.74 Å². The summed E-state index contributed by atoms with van der Waals surface area (Å²) in [6.07, 6.45) is 0. The molecule has 2 rings (SSSR count). The van der Waals surface area contributed by atoms with E-state index in [1.165, 1.54) is 4.88 Å². The summed E-state index contributed by atoms with van der Waals surface area (Å²) in [4.78, 5) is 14.6. The van der Waals surface area contributed by atoms with E-state index < -0.39 is 0 Å². The van der Waals surface area contributed by atoms with Gasteiger partial charge in [0.1, 0.15) is 5.75 Å². The van der Waals surface area contributed by atoms with Crippen molar-refractivity contribution >= 4 is 33.2 Å². The fraction of sp³-hybridized carbons (Fsp3) is 0.267. The van der Waals surface area contributed by atoms with E-state index >= 15 is 0 Å². The van der Waals surface area contributed by atoms with Crippen molar-refractivity contribution in [3.63, 3.8) is 0 Å². The lowest BCUT2D eigenvalue weighted by Crippen LogP contribution is -2.26. The zero-order chi connectivity index (χ0) is 14.7. The molecule has 0 saturated carbocycles. The van der Waals surface area contributed by atoms with Crippen molar-refractivity contribution < 1.29 is 9.53 Å². The Morgan fingerprint density at radius 3 is 2.65 bits per heavy atom. The van der Waals surface area contributed by atoms with Gasteiger partial charge in [-0.2, -0.15) is 0 Å². The number of nitrogens with one attached hydrogen (secondary N) is 1. The molecule has 3 nitrogen and oxygen atoms in total. The van der Waals surface area contributed by atoms with Crippen LogP contribution in [-0.4, -0.2) is 13.0 Å². The number of hydrogen-bond donors (Lipinski definition) is 1. The molecule has 20 heavy (non-hydrogen) atoms. The van der Waals surface area contributed by atoms with Gasteiger partial charge in [0.2, 0.25) is 0 Å². The molecular formula is C15H16BrNO2S. The zero-order valence-corrected chi connectivity index (χ0v) is 14.0. The number of methoxy groups -OCH3 is 1. The lowest BCUT2D eigenvalue weighted by Gasteiger charge is -2.13.